The second-order valence-corrected chi connectivity index (χ2v) is 7.58. The van der Waals surface area contributed by atoms with Gasteiger partial charge >= 0.3 is 6.09 Å². The van der Waals surface area contributed by atoms with Crippen LogP contribution >= 0.6 is 0 Å². The van der Waals surface area contributed by atoms with Gasteiger partial charge in [-0.15, -0.1) is 0 Å². The predicted molar refractivity (Wildman–Crippen MR) is 91.1 cm³/mol. The molecule has 0 saturated carbocycles. The zero-order valence-corrected chi connectivity index (χ0v) is 15.2. The van der Waals surface area contributed by atoms with E-state index in [-0.39, 0.29) is 6.09 Å². The van der Waals surface area contributed by atoms with Crippen LogP contribution in [0.2, 0.25) is 0 Å². The average molecular weight is 313 g/mol. The largest absolute Gasteiger partial charge is 0.444 e. The van der Waals surface area contributed by atoms with E-state index in [0.29, 0.717) is 18.6 Å². The summed E-state index contributed by atoms with van der Waals surface area (Å²) < 4.78 is 5.28. The molecule has 1 aliphatic heterocycles. The lowest BCUT2D eigenvalue weighted by atomic mass is 9.90. The lowest BCUT2D eigenvalue weighted by Crippen LogP contribution is -2.49. The van der Waals surface area contributed by atoms with Crippen LogP contribution in [-0.4, -0.2) is 55.4 Å². The van der Waals surface area contributed by atoms with Crippen molar-refractivity contribution < 1.29 is 9.53 Å². The van der Waals surface area contributed by atoms with Crippen molar-refractivity contribution in [3.63, 3.8) is 0 Å². The number of likely N-dealkylation sites (tertiary alicyclic amines) is 1. The number of alkyl carbamates (subject to hydrolysis) is 1. The molecule has 22 heavy (non-hydrogen) atoms. The number of nitrogens with zero attached hydrogens (tertiary/aromatic N) is 1. The van der Waals surface area contributed by atoms with Crippen LogP contribution in [0.1, 0.15) is 53.9 Å². The third kappa shape index (κ3) is 7.45. The van der Waals surface area contributed by atoms with E-state index in [1.807, 2.05) is 20.8 Å². The Kier molecular flexibility index (Phi) is 7.63. The lowest BCUT2D eigenvalue weighted by molar-refractivity contribution is 0.0520. The van der Waals surface area contributed by atoms with Gasteiger partial charge in [-0.3, -0.25) is 0 Å². The Morgan fingerprint density at radius 3 is 2.41 bits per heavy atom. The van der Waals surface area contributed by atoms with E-state index in [2.05, 4.69) is 36.4 Å². The van der Waals surface area contributed by atoms with Gasteiger partial charge in [0.25, 0.3) is 0 Å². The predicted octanol–water partition coefficient (Wildman–Crippen LogP) is 2.61. The molecule has 1 amide bonds. The topological polar surface area (TPSA) is 53.6 Å². The minimum Gasteiger partial charge on any atom is -0.444 e. The van der Waals surface area contributed by atoms with Crippen molar-refractivity contribution >= 4 is 6.09 Å². The number of carbonyl (C=O) groups excluding carboxylic acids is 1. The molecule has 0 bridgehead atoms. The summed E-state index contributed by atoms with van der Waals surface area (Å²) in [5, 5.41) is 6.55. The van der Waals surface area contributed by atoms with Gasteiger partial charge in [-0.2, -0.15) is 0 Å². The van der Waals surface area contributed by atoms with Crippen molar-refractivity contribution in [3.05, 3.63) is 0 Å². The maximum absolute atomic E-state index is 11.7. The van der Waals surface area contributed by atoms with Crippen LogP contribution in [0, 0.1) is 5.92 Å². The summed E-state index contributed by atoms with van der Waals surface area (Å²) in [5.74, 6) is 0.728. The fraction of sp³-hybridized carbons (Fsp3) is 0.941. The maximum Gasteiger partial charge on any atom is 0.407 e. The van der Waals surface area contributed by atoms with Gasteiger partial charge < -0.3 is 20.3 Å². The second kappa shape index (κ2) is 8.73. The van der Waals surface area contributed by atoms with Crippen LogP contribution in [0.5, 0.6) is 0 Å². The molecule has 130 valence electrons. The molecule has 0 radical (unpaired) electrons. The Labute approximate surface area is 136 Å². The number of piperidine rings is 1. The summed E-state index contributed by atoms with van der Waals surface area (Å²) in [6.07, 6.45) is 3.16. The van der Waals surface area contributed by atoms with E-state index < -0.39 is 5.60 Å². The van der Waals surface area contributed by atoms with Gasteiger partial charge in [0.15, 0.2) is 0 Å². The van der Waals surface area contributed by atoms with E-state index in [0.717, 1.165) is 12.3 Å². The highest BCUT2D eigenvalue weighted by molar-refractivity contribution is 5.67. The zero-order valence-electron chi connectivity index (χ0n) is 15.2. The minimum absolute atomic E-state index is 0.294. The molecule has 0 aromatic heterocycles. The molecule has 1 rings (SSSR count). The highest BCUT2D eigenvalue weighted by Gasteiger charge is 2.24. The van der Waals surface area contributed by atoms with Crippen LogP contribution in [-0.2, 0) is 4.74 Å². The van der Waals surface area contributed by atoms with E-state index in [4.69, 9.17) is 4.74 Å². The van der Waals surface area contributed by atoms with Crippen LogP contribution in [0.15, 0.2) is 0 Å². The van der Waals surface area contributed by atoms with Crippen LogP contribution in [0.4, 0.5) is 4.79 Å². The second-order valence-electron chi connectivity index (χ2n) is 7.58. The maximum atomic E-state index is 11.7. The molecule has 0 aromatic carbocycles. The number of ether oxygens (including phenoxy) is 1. The SMILES string of the molecule is CCC(CNC(=O)OC(C)(C)C)NC(C)C1CCN(C)CC1. The first-order valence-electron chi connectivity index (χ1n) is 8.62. The standard InChI is InChI=1S/C17H35N3O2/c1-7-15(12-18-16(21)22-17(3,4)5)19-13(2)14-8-10-20(6)11-9-14/h13-15,19H,7-12H2,1-6H3,(H,18,21). The van der Waals surface area contributed by atoms with Gasteiger partial charge in [-0.1, -0.05) is 6.92 Å². The quantitative estimate of drug-likeness (QED) is 0.791. The molecule has 5 nitrogen and oxygen atoms in total. The van der Waals surface area contributed by atoms with Crippen molar-refractivity contribution in [2.75, 3.05) is 26.7 Å². The molecule has 1 fully saturated rings. The normalized spacial score (nSPS) is 20.5. The Hall–Kier alpha value is -0.810. The van der Waals surface area contributed by atoms with E-state index in [1.54, 1.807) is 0 Å². The molecule has 5 heteroatoms. The number of amides is 1. The Morgan fingerprint density at radius 1 is 1.32 bits per heavy atom. The van der Waals surface area contributed by atoms with E-state index in [1.165, 1.54) is 25.9 Å². The number of nitrogens with one attached hydrogen (secondary N) is 2. The van der Waals surface area contributed by atoms with Gasteiger partial charge in [0.05, 0.1) is 0 Å². The summed E-state index contributed by atoms with van der Waals surface area (Å²) in [7, 11) is 2.19. The summed E-state index contributed by atoms with van der Waals surface area (Å²) in [5.41, 5.74) is -0.444. The van der Waals surface area contributed by atoms with Crippen molar-refractivity contribution in [2.45, 2.75) is 71.6 Å². The number of hydrogen-bond acceptors (Lipinski definition) is 4. The van der Waals surface area contributed by atoms with Crippen LogP contribution in [0.25, 0.3) is 0 Å². The molecular formula is C17H35N3O2. The van der Waals surface area contributed by atoms with E-state index in [9.17, 15) is 4.79 Å². The fourth-order valence-electron chi connectivity index (χ4n) is 2.88. The number of rotatable bonds is 6. The first-order chi connectivity index (χ1) is 10.2. The van der Waals surface area contributed by atoms with Crippen molar-refractivity contribution in [1.82, 2.24) is 15.5 Å². The molecule has 0 aromatic rings. The third-order valence-corrected chi connectivity index (χ3v) is 4.35. The Morgan fingerprint density at radius 2 is 1.91 bits per heavy atom. The third-order valence-electron chi connectivity index (χ3n) is 4.35. The highest BCUT2D eigenvalue weighted by Crippen LogP contribution is 2.20. The number of carbonyl (C=O) groups is 1. The molecule has 2 unspecified atom stereocenters. The summed E-state index contributed by atoms with van der Waals surface area (Å²) in [6, 6.07) is 0.779. The monoisotopic (exact) mass is 313 g/mol. The first kappa shape index (κ1) is 19.2. The number of hydrogen-bond donors (Lipinski definition) is 2. The Balaban J connectivity index is 2.33. The summed E-state index contributed by atoms with van der Waals surface area (Å²) in [6.45, 7) is 13.0. The molecule has 2 atom stereocenters. The molecular weight excluding hydrogens is 278 g/mol. The highest BCUT2D eigenvalue weighted by atomic mass is 16.6. The zero-order chi connectivity index (χ0) is 16.8. The molecule has 1 heterocycles. The van der Waals surface area contributed by atoms with Crippen LogP contribution < -0.4 is 10.6 Å². The van der Waals surface area contributed by atoms with Gasteiger partial charge in [0, 0.05) is 18.6 Å². The van der Waals surface area contributed by atoms with Crippen LogP contribution in [0.3, 0.4) is 0 Å². The molecule has 2 N–H and O–H groups in total. The molecule has 1 aliphatic rings. The van der Waals surface area contributed by atoms with Crippen molar-refractivity contribution in [1.29, 1.82) is 0 Å². The molecule has 0 spiro atoms. The smallest absolute Gasteiger partial charge is 0.407 e. The van der Waals surface area contributed by atoms with Crippen molar-refractivity contribution in [2.24, 2.45) is 5.92 Å². The van der Waals surface area contributed by atoms with Gasteiger partial charge in [0.2, 0.25) is 0 Å². The molecule has 1 saturated heterocycles. The fourth-order valence-corrected chi connectivity index (χ4v) is 2.88. The van der Waals surface area contributed by atoms with Crippen molar-refractivity contribution in [3.8, 4) is 0 Å². The van der Waals surface area contributed by atoms with Gasteiger partial charge in [-0.25, -0.2) is 4.79 Å². The Bertz CT molecular complexity index is 333. The lowest BCUT2D eigenvalue weighted by Gasteiger charge is -2.35. The molecule has 0 aliphatic carbocycles. The van der Waals surface area contributed by atoms with Gasteiger partial charge in [0.1, 0.15) is 5.60 Å². The summed E-state index contributed by atoms with van der Waals surface area (Å²) in [4.78, 5) is 14.1. The van der Waals surface area contributed by atoms with E-state index >= 15 is 0 Å². The van der Waals surface area contributed by atoms with Gasteiger partial charge in [-0.05, 0) is 73.0 Å². The average Bonchev–Trinajstić information content (AvgIpc) is 2.42. The first-order valence-corrected chi connectivity index (χ1v) is 8.62. The summed E-state index contributed by atoms with van der Waals surface area (Å²) >= 11 is 0. The minimum atomic E-state index is -0.444.